The molecule has 0 radical (unpaired) electrons. The maximum absolute atomic E-state index is 14.1. The van der Waals surface area contributed by atoms with E-state index >= 15 is 0 Å². The fraction of sp³-hybridized carbons (Fsp3) is 0.417. The Morgan fingerprint density at radius 3 is 2.62 bits per heavy atom. The van der Waals surface area contributed by atoms with Gasteiger partial charge >= 0.3 is 0 Å². The number of aromatic nitrogens is 1. The van der Waals surface area contributed by atoms with Gasteiger partial charge in [-0.1, -0.05) is 23.4 Å². The minimum Gasteiger partial charge on any atom is -0.360 e. The van der Waals surface area contributed by atoms with Crippen molar-refractivity contribution in [1.82, 2.24) is 10.5 Å². The second-order valence-corrected chi connectivity index (χ2v) is 9.94. The fourth-order valence-corrected chi connectivity index (χ4v) is 5.15. The standard InChI is InChI=1S/C24H25FN4O5/c1-12-10-16(28-34-12)26-20(30)17-15-8-9-24(33-15)18(17)22(32)29(14-7-5-6-13(25)11-14)19(24)21(31)27-23(2,3)4/h5-11,15,17-19H,1-4H3,(H,27,31)(H,26,28,30)/t15-,17-,18+,19-,24+/m1/s1. The van der Waals surface area contributed by atoms with Crippen LogP contribution < -0.4 is 15.5 Å². The van der Waals surface area contributed by atoms with E-state index in [4.69, 9.17) is 9.26 Å². The quantitative estimate of drug-likeness (QED) is 0.666. The van der Waals surface area contributed by atoms with Gasteiger partial charge in [0.2, 0.25) is 17.7 Å². The molecule has 4 heterocycles. The summed E-state index contributed by atoms with van der Waals surface area (Å²) < 4.78 is 25.3. The van der Waals surface area contributed by atoms with E-state index in [0.29, 0.717) is 5.76 Å². The molecule has 2 aromatic rings. The zero-order chi connectivity index (χ0) is 24.4. The highest BCUT2D eigenvalue weighted by molar-refractivity contribution is 6.11. The topological polar surface area (TPSA) is 114 Å². The predicted molar refractivity (Wildman–Crippen MR) is 119 cm³/mol. The monoisotopic (exact) mass is 468 g/mol. The molecule has 10 heteroatoms. The Bertz CT molecular complexity index is 1220. The molecule has 1 spiro atoms. The molecular formula is C24H25FN4O5. The average Bonchev–Trinajstić information content (AvgIpc) is 3.47. The summed E-state index contributed by atoms with van der Waals surface area (Å²) in [7, 11) is 0. The number of hydrogen-bond donors (Lipinski definition) is 2. The molecule has 2 saturated heterocycles. The first kappa shape index (κ1) is 22.3. The first-order chi connectivity index (χ1) is 16.0. The molecule has 0 aliphatic carbocycles. The molecule has 0 unspecified atom stereocenters. The summed E-state index contributed by atoms with van der Waals surface area (Å²) in [6.45, 7) is 7.16. The summed E-state index contributed by atoms with van der Waals surface area (Å²) in [4.78, 5) is 41.9. The summed E-state index contributed by atoms with van der Waals surface area (Å²) in [5.74, 6) is -3.10. The van der Waals surface area contributed by atoms with Crippen LogP contribution in [0, 0.1) is 24.6 Å². The van der Waals surface area contributed by atoms with Crippen molar-refractivity contribution in [1.29, 1.82) is 0 Å². The molecule has 3 aliphatic heterocycles. The Morgan fingerprint density at radius 1 is 1.21 bits per heavy atom. The lowest BCUT2D eigenvalue weighted by molar-refractivity contribution is -0.129. The van der Waals surface area contributed by atoms with Gasteiger partial charge in [-0.25, -0.2) is 4.39 Å². The number of carbonyl (C=O) groups is 3. The van der Waals surface area contributed by atoms with Crippen LogP contribution in [0.2, 0.25) is 0 Å². The number of hydrogen-bond acceptors (Lipinski definition) is 6. The lowest BCUT2D eigenvalue weighted by Gasteiger charge is -2.34. The van der Waals surface area contributed by atoms with E-state index in [1.165, 1.54) is 23.1 Å². The number of anilines is 2. The molecular weight excluding hydrogens is 443 g/mol. The van der Waals surface area contributed by atoms with Gasteiger partial charge in [0, 0.05) is 17.3 Å². The summed E-state index contributed by atoms with van der Waals surface area (Å²) >= 11 is 0. The van der Waals surface area contributed by atoms with Crippen LogP contribution in [0.1, 0.15) is 26.5 Å². The van der Waals surface area contributed by atoms with Gasteiger partial charge in [0.05, 0.1) is 17.9 Å². The Balaban J connectivity index is 1.56. The van der Waals surface area contributed by atoms with Gasteiger partial charge < -0.3 is 19.9 Å². The molecule has 34 heavy (non-hydrogen) atoms. The highest BCUT2D eigenvalue weighted by Gasteiger charge is 2.73. The van der Waals surface area contributed by atoms with Gasteiger partial charge in [0.15, 0.2) is 5.82 Å². The SMILES string of the molecule is Cc1cc(NC(=O)[C@H]2[C@H]3C(=O)N(c4cccc(F)c4)[C@H](C(=O)NC(C)(C)C)[C@]34C=C[C@H]2O4)no1. The number of nitrogens with zero attached hydrogens (tertiary/aromatic N) is 2. The van der Waals surface area contributed by atoms with Crippen LogP contribution in [0.15, 0.2) is 47.0 Å². The number of ether oxygens (including phenoxy) is 1. The van der Waals surface area contributed by atoms with E-state index in [9.17, 15) is 18.8 Å². The molecule has 2 bridgehead atoms. The first-order valence-electron chi connectivity index (χ1n) is 11.0. The molecule has 1 aromatic heterocycles. The zero-order valence-electron chi connectivity index (χ0n) is 19.2. The molecule has 5 atom stereocenters. The molecule has 9 nitrogen and oxygen atoms in total. The van der Waals surface area contributed by atoms with E-state index in [1.54, 1.807) is 31.2 Å². The second-order valence-electron chi connectivity index (χ2n) is 9.94. The zero-order valence-corrected chi connectivity index (χ0v) is 19.2. The number of benzene rings is 1. The minimum absolute atomic E-state index is 0.217. The highest BCUT2D eigenvalue weighted by Crippen LogP contribution is 2.56. The van der Waals surface area contributed by atoms with E-state index in [1.807, 2.05) is 20.8 Å². The predicted octanol–water partition coefficient (Wildman–Crippen LogP) is 2.33. The van der Waals surface area contributed by atoms with E-state index in [-0.39, 0.29) is 11.5 Å². The van der Waals surface area contributed by atoms with Crippen molar-refractivity contribution in [3.8, 4) is 0 Å². The number of nitrogens with one attached hydrogen (secondary N) is 2. The van der Waals surface area contributed by atoms with Crippen LogP contribution in [0.4, 0.5) is 15.9 Å². The van der Waals surface area contributed by atoms with Gasteiger partial charge in [0.25, 0.3) is 0 Å². The molecule has 3 amide bonds. The van der Waals surface area contributed by atoms with Crippen LogP contribution in [-0.2, 0) is 19.1 Å². The number of amides is 3. The lowest BCUT2D eigenvalue weighted by atomic mass is 9.74. The molecule has 0 saturated carbocycles. The Morgan fingerprint density at radius 2 is 1.97 bits per heavy atom. The Labute approximate surface area is 195 Å². The van der Waals surface area contributed by atoms with Crippen LogP contribution in [0.5, 0.6) is 0 Å². The number of halogens is 1. The molecule has 2 N–H and O–H groups in total. The van der Waals surface area contributed by atoms with Gasteiger partial charge in [-0.3, -0.25) is 19.3 Å². The number of fused-ring (bicyclic) bond motifs is 1. The van der Waals surface area contributed by atoms with Crippen molar-refractivity contribution in [2.24, 2.45) is 11.8 Å². The van der Waals surface area contributed by atoms with Crippen molar-refractivity contribution in [2.75, 3.05) is 10.2 Å². The third-order valence-corrected chi connectivity index (χ3v) is 6.29. The molecule has 178 valence electrons. The lowest BCUT2D eigenvalue weighted by Crippen LogP contribution is -2.58. The second kappa shape index (κ2) is 7.49. The van der Waals surface area contributed by atoms with Crippen molar-refractivity contribution in [3.63, 3.8) is 0 Å². The maximum Gasteiger partial charge on any atom is 0.246 e. The van der Waals surface area contributed by atoms with E-state index in [2.05, 4.69) is 15.8 Å². The number of aryl methyl sites for hydroxylation is 1. The first-order valence-corrected chi connectivity index (χ1v) is 11.0. The average molecular weight is 468 g/mol. The van der Waals surface area contributed by atoms with Crippen molar-refractivity contribution < 1.29 is 28.0 Å². The molecule has 3 aliphatic rings. The van der Waals surface area contributed by atoms with Gasteiger partial charge in [-0.15, -0.1) is 0 Å². The number of carbonyl (C=O) groups excluding carboxylic acids is 3. The van der Waals surface area contributed by atoms with Crippen LogP contribution in [0.25, 0.3) is 0 Å². The van der Waals surface area contributed by atoms with E-state index in [0.717, 1.165) is 0 Å². The summed E-state index contributed by atoms with van der Waals surface area (Å²) in [5.41, 5.74) is -1.75. The van der Waals surface area contributed by atoms with Gasteiger partial charge in [-0.2, -0.15) is 0 Å². The normalized spacial score (nSPS) is 29.4. The molecule has 1 aromatic carbocycles. The maximum atomic E-state index is 14.1. The third-order valence-electron chi connectivity index (χ3n) is 6.29. The van der Waals surface area contributed by atoms with Crippen molar-refractivity contribution in [3.05, 3.63) is 54.1 Å². The molecule has 2 fully saturated rings. The van der Waals surface area contributed by atoms with Crippen LogP contribution in [0.3, 0.4) is 0 Å². The Hall–Kier alpha value is -3.53. The number of rotatable bonds is 4. The van der Waals surface area contributed by atoms with Crippen LogP contribution >= 0.6 is 0 Å². The van der Waals surface area contributed by atoms with Crippen LogP contribution in [-0.4, -0.2) is 46.2 Å². The fourth-order valence-electron chi connectivity index (χ4n) is 5.15. The van der Waals surface area contributed by atoms with Crippen molar-refractivity contribution in [2.45, 2.75) is 51.0 Å². The van der Waals surface area contributed by atoms with Gasteiger partial charge in [0.1, 0.15) is 23.2 Å². The molecule has 5 rings (SSSR count). The summed E-state index contributed by atoms with van der Waals surface area (Å²) in [6.07, 6.45) is 2.70. The van der Waals surface area contributed by atoms with Gasteiger partial charge in [-0.05, 0) is 45.9 Å². The Kier molecular flexibility index (Phi) is 4.91. The van der Waals surface area contributed by atoms with E-state index < -0.39 is 58.7 Å². The third kappa shape index (κ3) is 3.40. The largest absolute Gasteiger partial charge is 0.360 e. The highest BCUT2D eigenvalue weighted by atomic mass is 19.1. The van der Waals surface area contributed by atoms with Crippen molar-refractivity contribution >= 4 is 29.2 Å². The smallest absolute Gasteiger partial charge is 0.246 e. The summed E-state index contributed by atoms with van der Waals surface area (Å²) in [5, 5.41) is 9.37. The minimum atomic E-state index is -1.37. The summed E-state index contributed by atoms with van der Waals surface area (Å²) in [6, 6.07) is 5.90.